The average molecular weight is 228 g/mol. The summed E-state index contributed by atoms with van der Waals surface area (Å²) in [5, 5.41) is 0. The van der Waals surface area contributed by atoms with E-state index in [4.69, 9.17) is 4.74 Å². The zero-order chi connectivity index (χ0) is 12.3. The smallest absolute Gasteiger partial charge is 0.316 e. The lowest BCUT2D eigenvalue weighted by Crippen LogP contribution is -2.17. The van der Waals surface area contributed by atoms with Crippen molar-refractivity contribution in [2.24, 2.45) is 11.3 Å². The second-order valence-corrected chi connectivity index (χ2v) is 4.32. The van der Waals surface area contributed by atoms with E-state index in [1.807, 2.05) is 48.6 Å². The maximum atomic E-state index is 11.8. The Bertz CT molecular complexity index is 447. The molecule has 2 rings (SSSR count). The molecule has 2 nitrogen and oxygen atoms in total. The van der Waals surface area contributed by atoms with Crippen molar-refractivity contribution >= 4 is 12.0 Å². The minimum absolute atomic E-state index is 0.172. The molecule has 0 radical (unpaired) electrons. The number of allylic oxidation sites excluding steroid dienone is 1. The van der Waals surface area contributed by atoms with Crippen LogP contribution in [0.3, 0.4) is 0 Å². The van der Waals surface area contributed by atoms with E-state index < -0.39 is 5.41 Å². The van der Waals surface area contributed by atoms with Gasteiger partial charge in [0, 0.05) is 0 Å². The number of carbonyl (C=O) groups excluding carboxylic acids is 1. The number of hydrogen-bond donors (Lipinski definition) is 0. The van der Waals surface area contributed by atoms with E-state index in [-0.39, 0.29) is 11.9 Å². The minimum Gasteiger partial charge on any atom is -0.468 e. The summed E-state index contributed by atoms with van der Waals surface area (Å²) in [5.74, 6) is 0.0319. The average Bonchev–Trinajstić information content (AvgIpc) is 3.12. The van der Waals surface area contributed by atoms with Crippen LogP contribution in [0.2, 0.25) is 0 Å². The molecule has 2 heteroatoms. The normalized spacial score (nSPS) is 26.8. The Morgan fingerprint density at radius 2 is 2.18 bits per heavy atom. The van der Waals surface area contributed by atoms with Gasteiger partial charge in [0.1, 0.15) is 0 Å². The zero-order valence-corrected chi connectivity index (χ0v) is 9.93. The third-order valence-corrected chi connectivity index (χ3v) is 3.28. The molecule has 17 heavy (non-hydrogen) atoms. The van der Waals surface area contributed by atoms with Gasteiger partial charge in [-0.2, -0.15) is 0 Å². The molecular formula is C15H16O2. The number of methoxy groups -OCH3 is 1. The van der Waals surface area contributed by atoms with Gasteiger partial charge in [0.2, 0.25) is 0 Å². The minimum atomic E-state index is -0.480. The molecule has 1 fully saturated rings. The van der Waals surface area contributed by atoms with Crippen molar-refractivity contribution in [2.75, 3.05) is 7.11 Å². The van der Waals surface area contributed by atoms with Crippen LogP contribution in [0.25, 0.3) is 6.08 Å². The quantitative estimate of drug-likeness (QED) is 0.585. The van der Waals surface area contributed by atoms with Gasteiger partial charge in [-0.15, -0.1) is 6.58 Å². The molecular weight excluding hydrogens is 212 g/mol. The van der Waals surface area contributed by atoms with Gasteiger partial charge >= 0.3 is 5.97 Å². The molecule has 0 unspecified atom stereocenters. The Labute approximate surface area is 102 Å². The Balaban J connectivity index is 2.18. The van der Waals surface area contributed by atoms with Crippen LogP contribution >= 0.6 is 0 Å². The van der Waals surface area contributed by atoms with E-state index in [9.17, 15) is 4.79 Å². The number of hydrogen-bond acceptors (Lipinski definition) is 2. The van der Waals surface area contributed by atoms with Crippen LogP contribution in [0.1, 0.15) is 12.0 Å². The fraction of sp³-hybridized carbons (Fsp3) is 0.267. The van der Waals surface area contributed by atoms with Crippen molar-refractivity contribution in [3.63, 3.8) is 0 Å². The van der Waals surface area contributed by atoms with Crippen molar-refractivity contribution in [1.82, 2.24) is 0 Å². The largest absolute Gasteiger partial charge is 0.468 e. The zero-order valence-electron chi connectivity index (χ0n) is 9.93. The third-order valence-electron chi connectivity index (χ3n) is 3.28. The van der Waals surface area contributed by atoms with Gasteiger partial charge < -0.3 is 4.74 Å². The first-order valence-electron chi connectivity index (χ1n) is 5.68. The highest BCUT2D eigenvalue weighted by atomic mass is 16.5. The summed E-state index contributed by atoms with van der Waals surface area (Å²) in [6.45, 7) is 3.75. The number of benzene rings is 1. The Kier molecular flexibility index (Phi) is 3.14. The summed E-state index contributed by atoms with van der Waals surface area (Å²) in [4.78, 5) is 11.8. The van der Waals surface area contributed by atoms with Crippen LogP contribution in [0.5, 0.6) is 0 Å². The van der Waals surface area contributed by atoms with Crippen molar-refractivity contribution in [3.8, 4) is 0 Å². The summed E-state index contributed by atoms with van der Waals surface area (Å²) in [5.41, 5.74) is 0.609. The Morgan fingerprint density at radius 3 is 2.71 bits per heavy atom. The molecule has 1 aliphatic rings. The standard InChI is InChI=1S/C15H16O2/c1-3-13-11-15(13,14(16)17-2)10-9-12-7-5-4-6-8-12/h3-10,13H,1,11H2,2H3/b10-9+/t13-,15+/m0/s1. The molecule has 1 saturated carbocycles. The van der Waals surface area contributed by atoms with E-state index in [1.54, 1.807) is 0 Å². The van der Waals surface area contributed by atoms with Crippen molar-refractivity contribution in [1.29, 1.82) is 0 Å². The summed E-state index contributed by atoms with van der Waals surface area (Å²) in [6, 6.07) is 9.93. The van der Waals surface area contributed by atoms with Gasteiger partial charge in [0.05, 0.1) is 12.5 Å². The summed E-state index contributed by atoms with van der Waals surface area (Å²) in [7, 11) is 1.43. The SMILES string of the molecule is C=C[C@H]1C[C@@]1(/C=C/c1ccccc1)C(=O)OC. The van der Waals surface area contributed by atoms with Crippen molar-refractivity contribution in [2.45, 2.75) is 6.42 Å². The molecule has 0 aliphatic heterocycles. The lowest BCUT2D eigenvalue weighted by atomic mass is 10.0. The molecule has 0 amide bonds. The Morgan fingerprint density at radius 1 is 1.47 bits per heavy atom. The van der Waals surface area contributed by atoms with Gasteiger partial charge in [-0.1, -0.05) is 48.6 Å². The third kappa shape index (κ3) is 2.16. The second kappa shape index (κ2) is 4.58. The first kappa shape index (κ1) is 11.6. The van der Waals surface area contributed by atoms with E-state index in [2.05, 4.69) is 6.58 Å². The van der Waals surface area contributed by atoms with Crippen LogP contribution in [0.15, 0.2) is 49.1 Å². The highest BCUT2D eigenvalue weighted by Gasteiger charge is 2.57. The second-order valence-electron chi connectivity index (χ2n) is 4.32. The number of esters is 1. The van der Waals surface area contributed by atoms with E-state index in [1.165, 1.54) is 7.11 Å². The summed E-state index contributed by atoms with van der Waals surface area (Å²) >= 11 is 0. The topological polar surface area (TPSA) is 26.3 Å². The molecule has 0 spiro atoms. The molecule has 1 aromatic rings. The first-order valence-corrected chi connectivity index (χ1v) is 5.68. The first-order chi connectivity index (χ1) is 8.23. The highest BCUT2D eigenvalue weighted by molar-refractivity contribution is 5.85. The van der Waals surface area contributed by atoms with E-state index >= 15 is 0 Å². The summed E-state index contributed by atoms with van der Waals surface area (Å²) in [6.07, 6.45) is 6.54. The molecule has 1 aliphatic carbocycles. The predicted octanol–water partition coefficient (Wildman–Crippen LogP) is 3.07. The van der Waals surface area contributed by atoms with Crippen LogP contribution < -0.4 is 0 Å². The molecule has 0 aromatic heterocycles. The van der Waals surface area contributed by atoms with Gasteiger partial charge in [-0.3, -0.25) is 4.79 Å². The molecule has 88 valence electrons. The molecule has 1 aromatic carbocycles. The van der Waals surface area contributed by atoms with E-state index in [0.29, 0.717) is 0 Å². The fourth-order valence-electron chi connectivity index (χ4n) is 2.09. The van der Waals surface area contributed by atoms with Crippen molar-refractivity contribution < 1.29 is 9.53 Å². The molecule has 0 heterocycles. The fourth-order valence-corrected chi connectivity index (χ4v) is 2.09. The number of rotatable bonds is 4. The van der Waals surface area contributed by atoms with Gasteiger partial charge in [-0.05, 0) is 17.9 Å². The van der Waals surface area contributed by atoms with E-state index in [0.717, 1.165) is 12.0 Å². The maximum Gasteiger partial charge on any atom is 0.316 e. The van der Waals surface area contributed by atoms with Crippen molar-refractivity contribution in [3.05, 3.63) is 54.6 Å². The summed E-state index contributed by atoms with van der Waals surface area (Å²) < 4.78 is 4.86. The molecule has 0 bridgehead atoms. The molecule has 0 N–H and O–H groups in total. The molecule has 2 atom stereocenters. The molecule has 0 saturated heterocycles. The van der Waals surface area contributed by atoms with Gasteiger partial charge in [0.25, 0.3) is 0 Å². The maximum absolute atomic E-state index is 11.8. The highest BCUT2D eigenvalue weighted by Crippen LogP contribution is 2.55. The number of ether oxygens (including phenoxy) is 1. The van der Waals surface area contributed by atoms with Crippen LogP contribution in [-0.4, -0.2) is 13.1 Å². The lowest BCUT2D eigenvalue weighted by Gasteiger charge is -2.08. The van der Waals surface area contributed by atoms with Crippen LogP contribution in [0, 0.1) is 11.3 Å². The predicted molar refractivity (Wildman–Crippen MR) is 68.2 cm³/mol. The monoisotopic (exact) mass is 228 g/mol. The van der Waals surface area contributed by atoms with Gasteiger partial charge in [-0.25, -0.2) is 0 Å². The van der Waals surface area contributed by atoms with Crippen LogP contribution in [0.4, 0.5) is 0 Å². The lowest BCUT2D eigenvalue weighted by molar-refractivity contribution is -0.145. The van der Waals surface area contributed by atoms with Gasteiger partial charge in [0.15, 0.2) is 0 Å². The van der Waals surface area contributed by atoms with Crippen LogP contribution in [-0.2, 0) is 9.53 Å². The Hall–Kier alpha value is -1.83. The number of carbonyl (C=O) groups is 1.